The van der Waals surface area contributed by atoms with Gasteiger partial charge < -0.3 is 5.32 Å². The van der Waals surface area contributed by atoms with E-state index in [1.165, 1.54) is 0 Å². The Morgan fingerprint density at radius 2 is 1.88 bits per heavy atom. The molecule has 1 aliphatic rings. The number of nitrogens with one attached hydrogen (secondary N) is 1. The van der Waals surface area contributed by atoms with Gasteiger partial charge in [-0.05, 0) is 63.4 Å². The number of benzene rings is 1. The molecule has 0 aliphatic carbocycles. The highest BCUT2D eigenvalue weighted by Gasteiger charge is 2.29. The smallest absolute Gasteiger partial charge is 0.234 e. The van der Waals surface area contributed by atoms with E-state index < -0.39 is 9.84 Å². The second-order valence-corrected chi connectivity index (χ2v) is 9.61. The Morgan fingerprint density at radius 3 is 2.42 bits per heavy atom. The molecule has 6 nitrogen and oxygen atoms in total. The van der Waals surface area contributed by atoms with Crippen molar-refractivity contribution in [2.45, 2.75) is 46.7 Å². The van der Waals surface area contributed by atoms with Gasteiger partial charge in [-0.15, -0.1) is 0 Å². The molecule has 0 radical (unpaired) electrons. The monoisotopic (exact) mass is 380 g/mol. The largest absolute Gasteiger partial charge is 0.351 e. The van der Waals surface area contributed by atoms with Gasteiger partial charge in [0.25, 0.3) is 0 Å². The zero-order valence-electron chi connectivity index (χ0n) is 16.2. The van der Waals surface area contributed by atoms with Gasteiger partial charge in [0.05, 0.1) is 18.1 Å². The summed E-state index contributed by atoms with van der Waals surface area (Å²) < 4.78 is 23.0. The van der Waals surface area contributed by atoms with Crippen LogP contribution in [0.15, 0.2) is 6.07 Å². The summed E-state index contributed by atoms with van der Waals surface area (Å²) in [7, 11) is -1.16. The van der Waals surface area contributed by atoms with E-state index in [0.717, 1.165) is 27.8 Å². The van der Waals surface area contributed by atoms with Crippen LogP contribution >= 0.6 is 0 Å². The summed E-state index contributed by atoms with van der Waals surface area (Å²) in [5.41, 5.74) is 4.83. The maximum Gasteiger partial charge on any atom is 0.234 e. The van der Waals surface area contributed by atoms with Gasteiger partial charge in [-0.3, -0.25) is 14.5 Å². The molecule has 0 bridgehead atoms. The Labute approximate surface area is 155 Å². The molecule has 7 heteroatoms. The number of nitrogens with zero attached hydrogens (tertiary/aromatic N) is 1. The Balaban J connectivity index is 2.04. The van der Waals surface area contributed by atoms with Crippen LogP contribution < -0.4 is 5.32 Å². The topological polar surface area (TPSA) is 83.6 Å². The fourth-order valence-electron chi connectivity index (χ4n) is 3.76. The molecule has 0 saturated carbocycles. The van der Waals surface area contributed by atoms with Crippen LogP contribution in [0.3, 0.4) is 0 Å². The van der Waals surface area contributed by atoms with Gasteiger partial charge in [0.2, 0.25) is 5.91 Å². The molecule has 1 saturated heterocycles. The minimum absolute atomic E-state index is 0.0284. The van der Waals surface area contributed by atoms with Crippen molar-refractivity contribution in [1.82, 2.24) is 10.2 Å². The Kier molecular flexibility index (Phi) is 6.24. The number of rotatable bonds is 6. The molecule has 26 heavy (non-hydrogen) atoms. The van der Waals surface area contributed by atoms with Crippen molar-refractivity contribution in [3.05, 3.63) is 33.9 Å². The number of Topliss-reactive ketones (excluding diaryl/α,β-unsaturated/α-hetero) is 1. The predicted molar refractivity (Wildman–Crippen MR) is 102 cm³/mol. The number of sulfone groups is 1. The zero-order valence-corrected chi connectivity index (χ0v) is 17.0. The Hall–Kier alpha value is -1.73. The standard InChI is InChI=1S/C19H28N2O4S/c1-12-8-13(2)19(15(4)22)14(3)17(12)9-21(5)10-18(23)20-16-6-7-26(24,25)11-16/h8,16H,6-7,9-11H2,1-5H3,(H,20,23). The first kappa shape index (κ1) is 20.6. The highest BCUT2D eigenvalue weighted by molar-refractivity contribution is 7.91. The second-order valence-electron chi connectivity index (χ2n) is 7.38. The molecule has 1 atom stereocenters. The molecule has 0 aromatic heterocycles. The highest BCUT2D eigenvalue weighted by Crippen LogP contribution is 2.24. The summed E-state index contributed by atoms with van der Waals surface area (Å²) in [5, 5.41) is 2.81. The van der Waals surface area contributed by atoms with Crippen molar-refractivity contribution in [3.8, 4) is 0 Å². The molecule has 1 N–H and O–H groups in total. The van der Waals surface area contributed by atoms with Crippen LogP contribution in [0, 0.1) is 20.8 Å². The summed E-state index contributed by atoms with van der Waals surface area (Å²) in [6.45, 7) is 8.20. The van der Waals surface area contributed by atoms with Gasteiger partial charge in [0.1, 0.15) is 0 Å². The molecule has 1 aromatic rings. The summed E-state index contributed by atoms with van der Waals surface area (Å²) in [6.07, 6.45) is 0.482. The lowest BCUT2D eigenvalue weighted by atomic mass is 9.91. The normalized spacial score (nSPS) is 18.9. The number of hydrogen-bond donors (Lipinski definition) is 1. The van der Waals surface area contributed by atoms with Crippen molar-refractivity contribution in [3.63, 3.8) is 0 Å². The quantitative estimate of drug-likeness (QED) is 0.757. The summed E-state index contributed by atoms with van der Waals surface area (Å²) >= 11 is 0. The molecule has 1 unspecified atom stereocenters. The number of hydrogen-bond acceptors (Lipinski definition) is 5. The van der Waals surface area contributed by atoms with Crippen molar-refractivity contribution < 1.29 is 18.0 Å². The minimum Gasteiger partial charge on any atom is -0.351 e. The third-order valence-corrected chi connectivity index (χ3v) is 6.69. The van der Waals surface area contributed by atoms with Gasteiger partial charge >= 0.3 is 0 Å². The fraction of sp³-hybridized carbons (Fsp3) is 0.579. The van der Waals surface area contributed by atoms with Gasteiger partial charge in [0, 0.05) is 18.2 Å². The zero-order chi connectivity index (χ0) is 19.6. The van der Waals surface area contributed by atoms with E-state index in [2.05, 4.69) is 5.32 Å². The molecule has 1 amide bonds. The SMILES string of the molecule is CC(=O)c1c(C)cc(C)c(CN(C)CC(=O)NC2CCS(=O)(=O)C2)c1C. The summed E-state index contributed by atoms with van der Waals surface area (Å²) in [5.74, 6) is 0.0390. The molecule has 1 aromatic carbocycles. The van der Waals surface area contributed by atoms with Crippen molar-refractivity contribution in [2.24, 2.45) is 0 Å². The molecule has 1 aliphatic heterocycles. The van der Waals surface area contributed by atoms with Crippen LogP contribution in [-0.2, 0) is 21.2 Å². The van der Waals surface area contributed by atoms with Gasteiger partial charge in [0.15, 0.2) is 15.6 Å². The molecule has 1 fully saturated rings. The van der Waals surface area contributed by atoms with E-state index in [9.17, 15) is 18.0 Å². The predicted octanol–water partition coefficient (Wildman–Crippen LogP) is 1.55. The van der Waals surface area contributed by atoms with Crippen molar-refractivity contribution in [1.29, 1.82) is 0 Å². The Morgan fingerprint density at radius 1 is 1.23 bits per heavy atom. The van der Waals surface area contributed by atoms with E-state index in [-0.39, 0.29) is 35.8 Å². The fourth-order valence-corrected chi connectivity index (χ4v) is 5.44. The number of ketones is 1. The van der Waals surface area contributed by atoms with Crippen LogP contribution in [-0.4, -0.2) is 56.1 Å². The minimum atomic E-state index is -3.01. The second kappa shape index (κ2) is 7.88. The first-order chi connectivity index (χ1) is 12.0. The van der Waals surface area contributed by atoms with Gasteiger partial charge in [-0.1, -0.05) is 6.07 Å². The molecule has 2 rings (SSSR count). The van der Waals surface area contributed by atoms with E-state index in [4.69, 9.17) is 0 Å². The summed E-state index contributed by atoms with van der Waals surface area (Å²) in [4.78, 5) is 26.0. The van der Waals surface area contributed by atoms with Gasteiger partial charge in [-0.25, -0.2) is 8.42 Å². The maximum absolute atomic E-state index is 12.2. The molecular formula is C19H28N2O4S. The van der Waals surface area contributed by atoms with Crippen LogP contribution in [0.4, 0.5) is 0 Å². The number of likely N-dealkylation sites (N-methyl/N-ethyl adjacent to an activating group) is 1. The third-order valence-electron chi connectivity index (χ3n) is 4.92. The summed E-state index contributed by atoms with van der Waals surface area (Å²) in [6, 6.07) is 1.73. The van der Waals surface area contributed by atoms with Crippen molar-refractivity contribution in [2.75, 3.05) is 25.1 Å². The van der Waals surface area contributed by atoms with E-state index in [0.29, 0.717) is 13.0 Å². The highest BCUT2D eigenvalue weighted by atomic mass is 32.2. The van der Waals surface area contributed by atoms with E-state index >= 15 is 0 Å². The van der Waals surface area contributed by atoms with Crippen molar-refractivity contribution >= 4 is 21.5 Å². The molecule has 0 spiro atoms. The van der Waals surface area contributed by atoms with Crippen LogP contribution in [0.5, 0.6) is 0 Å². The third kappa shape index (κ3) is 4.92. The van der Waals surface area contributed by atoms with E-state index in [1.54, 1.807) is 6.92 Å². The number of aryl methyl sites for hydroxylation is 2. The average molecular weight is 381 g/mol. The number of carbonyl (C=O) groups is 2. The lowest BCUT2D eigenvalue weighted by Crippen LogP contribution is -2.41. The lowest BCUT2D eigenvalue weighted by molar-refractivity contribution is -0.122. The first-order valence-corrected chi connectivity index (χ1v) is 10.6. The van der Waals surface area contributed by atoms with Crippen LogP contribution in [0.1, 0.15) is 46.0 Å². The molecule has 1 heterocycles. The van der Waals surface area contributed by atoms with Crippen LogP contribution in [0.25, 0.3) is 0 Å². The van der Waals surface area contributed by atoms with Crippen LogP contribution in [0.2, 0.25) is 0 Å². The maximum atomic E-state index is 12.2. The number of carbonyl (C=O) groups excluding carboxylic acids is 2. The van der Waals surface area contributed by atoms with Gasteiger partial charge in [-0.2, -0.15) is 0 Å². The van der Waals surface area contributed by atoms with E-state index in [1.807, 2.05) is 38.8 Å². The lowest BCUT2D eigenvalue weighted by Gasteiger charge is -2.22. The molecule has 144 valence electrons. The Bertz CT molecular complexity index is 830. The molecular weight excluding hydrogens is 352 g/mol. The first-order valence-electron chi connectivity index (χ1n) is 8.79. The average Bonchev–Trinajstić information content (AvgIpc) is 2.81. The number of amides is 1.